The number of carbonyl (C=O) groups excluding carboxylic acids is 2. The fourth-order valence-electron chi connectivity index (χ4n) is 2.03. The summed E-state index contributed by atoms with van der Waals surface area (Å²) in [5.74, 6) is 0.171. The molecule has 0 aromatic heterocycles. The molecule has 1 saturated heterocycles. The number of Topliss-reactive ketones (excluding diaryl/α,β-unsaturated/α-hetero) is 1. The number of hydrogen-bond acceptors (Lipinski definition) is 4. The first-order valence-electron chi connectivity index (χ1n) is 6.09. The maximum Gasteiger partial charge on any atom is 2.00 e. The van der Waals surface area contributed by atoms with Gasteiger partial charge in [0, 0.05) is 24.6 Å². The van der Waals surface area contributed by atoms with E-state index in [1.165, 1.54) is 0 Å². The molecule has 22 heavy (non-hydrogen) atoms. The van der Waals surface area contributed by atoms with Crippen LogP contribution in [0.15, 0.2) is 30.3 Å². The van der Waals surface area contributed by atoms with Gasteiger partial charge in [-0.15, -0.1) is 0 Å². The molecule has 1 fully saturated rings. The Balaban J connectivity index is 0. The van der Waals surface area contributed by atoms with E-state index in [-0.39, 0.29) is 39.6 Å². The van der Waals surface area contributed by atoms with Crippen molar-refractivity contribution in [2.75, 3.05) is 6.54 Å². The Morgan fingerprint density at radius 3 is 2.23 bits per heavy atom. The number of amides is 1. The van der Waals surface area contributed by atoms with Crippen LogP contribution in [0.3, 0.4) is 0 Å². The van der Waals surface area contributed by atoms with E-state index in [4.69, 9.17) is 23.7 Å². The van der Waals surface area contributed by atoms with Crippen LogP contribution in [0.2, 0.25) is 0 Å². The van der Waals surface area contributed by atoms with E-state index < -0.39 is 0 Å². The van der Waals surface area contributed by atoms with Gasteiger partial charge in [0.05, 0.1) is 4.83 Å². The Morgan fingerprint density at radius 2 is 1.73 bits per heavy atom. The second kappa shape index (κ2) is 11.9. The summed E-state index contributed by atoms with van der Waals surface area (Å²) in [6.45, 7) is 11.9. The molecule has 1 amide bonds. The van der Waals surface area contributed by atoms with Gasteiger partial charge in [0.2, 0.25) is 0 Å². The van der Waals surface area contributed by atoms with Crippen LogP contribution in [-0.4, -0.2) is 34.0 Å². The molecule has 1 aromatic rings. The van der Waals surface area contributed by atoms with E-state index in [1.807, 2.05) is 25.1 Å². The predicted molar refractivity (Wildman–Crippen MR) is 79.2 cm³/mol. The number of hydrogen-bond donors (Lipinski definition) is 0. The molecule has 2 unspecified atom stereocenters. The molecule has 1 aliphatic rings. The fraction of sp³-hybridized carbons (Fsp3) is 0.333. The molecule has 2 atom stereocenters. The molecule has 119 valence electrons. The second-order valence-electron chi connectivity index (χ2n) is 4.22. The van der Waals surface area contributed by atoms with E-state index >= 15 is 0 Å². The first-order chi connectivity index (χ1) is 10.1. The molecular weight excluding hydrogens is 398 g/mol. The standard InChI is InChI=1S/C13H14BrNO2.2CN.Cu/c1-9-12(14)11(16)7-8-15(9)13(17)10-5-3-2-4-6-10;2*1-2;/h2-6,9,12H,7-8H2,1H3;;;/q;2*-1;+2. The summed E-state index contributed by atoms with van der Waals surface area (Å²) < 4.78 is 0. The van der Waals surface area contributed by atoms with E-state index in [1.54, 1.807) is 17.0 Å². The molecule has 1 heterocycles. The summed E-state index contributed by atoms with van der Waals surface area (Å²) in [5.41, 5.74) is 0.674. The van der Waals surface area contributed by atoms with E-state index in [9.17, 15) is 9.59 Å². The van der Waals surface area contributed by atoms with Crippen molar-refractivity contribution in [3.63, 3.8) is 0 Å². The third kappa shape index (κ3) is 5.61. The first-order valence-corrected chi connectivity index (χ1v) is 7.00. The van der Waals surface area contributed by atoms with Gasteiger partial charge < -0.3 is 28.6 Å². The zero-order valence-corrected chi connectivity index (χ0v) is 14.3. The van der Waals surface area contributed by atoms with Crippen LogP contribution in [0.5, 0.6) is 0 Å². The third-order valence-corrected chi connectivity index (χ3v) is 4.38. The summed E-state index contributed by atoms with van der Waals surface area (Å²) in [6.07, 6.45) is 0.429. The summed E-state index contributed by atoms with van der Waals surface area (Å²) in [7, 11) is 0. The Labute approximate surface area is 149 Å². The van der Waals surface area contributed by atoms with Gasteiger partial charge in [0.1, 0.15) is 5.78 Å². The predicted octanol–water partition coefficient (Wildman–Crippen LogP) is 2.44. The summed E-state index contributed by atoms with van der Waals surface area (Å²) in [5, 5.41) is 12.5. The molecule has 0 spiro atoms. The number of likely N-dealkylation sites (tertiary alicyclic amines) is 1. The van der Waals surface area contributed by atoms with Crippen molar-refractivity contribution in [3.05, 3.63) is 49.0 Å². The van der Waals surface area contributed by atoms with Gasteiger partial charge in [0.15, 0.2) is 0 Å². The quantitative estimate of drug-likeness (QED) is 0.403. The summed E-state index contributed by atoms with van der Waals surface area (Å²) in [4.78, 5) is 25.3. The van der Waals surface area contributed by atoms with Gasteiger partial charge in [-0.3, -0.25) is 9.59 Å². The van der Waals surface area contributed by atoms with Crippen LogP contribution in [0.25, 0.3) is 0 Å². The monoisotopic (exact) mass is 410 g/mol. The first kappa shape index (κ1) is 22.6. The van der Waals surface area contributed by atoms with Gasteiger partial charge in [-0.1, -0.05) is 34.1 Å². The minimum Gasteiger partial charge on any atom is -0.512 e. The van der Waals surface area contributed by atoms with Crippen LogP contribution in [0.1, 0.15) is 23.7 Å². The molecule has 0 saturated carbocycles. The Kier molecular flexibility index (Phi) is 12.3. The normalized spacial score (nSPS) is 19.4. The molecule has 5 nitrogen and oxygen atoms in total. The number of rotatable bonds is 1. The van der Waals surface area contributed by atoms with Crippen LogP contribution in [0.4, 0.5) is 0 Å². The van der Waals surface area contributed by atoms with Crippen LogP contribution >= 0.6 is 15.9 Å². The van der Waals surface area contributed by atoms with Crippen molar-refractivity contribution >= 4 is 27.6 Å². The summed E-state index contributed by atoms with van der Waals surface area (Å²) in [6, 6.07) is 9.08. The van der Waals surface area contributed by atoms with E-state index in [0.717, 1.165) is 0 Å². The van der Waals surface area contributed by atoms with Crippen LogP contribution in [0, 0.1) is 23.7 Å². The largest absolute Gasteiger partial charge is 2.00 e. The molecule has 2 rings (SSSR count). The number of ketones is 1. The Hall–Kier alpha value is -1.66. The molecule has 7 heteroatoms. The van der Waals surface area contributed by atoms with Gasteiger partial charge in [-0.05, 0) is 19.1 Å². The topological polar surface area (TPSA) is 85.0 Å². The second-order valence-corrected chi connectivity index (χ2v) is 5.21. The van der Waals surface area contributed by atoms with Crippen molar-refractivity contribution in [1.29, 1.82) is 10.5 Å². The van der Waals surface area contributed by atoms with E-state index in [0.29, 0.717) is 18.5 Å². The van der Waals surface area contributed by atoms with Crippen molar-refractivity contribution in [2.45, 2.75) is 24.2 Å². The number of carbonyl (C=O) groups is 2. The maximum absolute atomic E-state index is 12.3. The molecule has 1 aliphatic heterocycles. The number of benzene rings is 1. The zero-order chi connectivity index (χ0) is 16.4. The van der Waals surface area contributed by atoms with Crippen molar-refractivity contribution in [2.24, 2.45) is 0 Å². The van der Waals surface area contributed by atoms with Gasteiger partial charge in [-0.25, -0.2) is 0 Å². The fourth-order valence-corrected chi connectivity index (χ4v) is 2.55. The van der Waals surface area contributed by atoms with Gasteiger partial charge >= 0.3 is 17.1 Å². The number of nitrogens with zero attached hydrogens (tertiary/aromatic N) is 3. The molecule has 1 radical (unpaired) electrons. The Morgan fingerprint density at radius 1 is 1.23 bits per heavy atom. The van der Waals surface area contributed by atoms with Crippen LogP contribution < -0.4 is 0 Å². The smallest absolute Gasteiger partial charge is 0.512 e. The molecule has 1 aromatic carbocycles. The number of alkyl halides is 1. The average Bonchev–Trinajstić information content (AvgIpc) is 2.57. The number of piperidine rings is 1. The SMILES string of the molecule is CC1C(Br)C(=O)CCN1C(=O)c1ccccc1.[C-]#N.[C-]#N.[Cu+2]. The maximum atomic E-state index is 12.3. The minimum atomic E-state index is -0.246. The van der Waals surface area contributed by atoms with Crippen molar-refractivity contribution in [1.82, 2.24) is 4.90 Å². The van der Waals surface area contributed by atoms with Crippen LogP contribution in [-0.2, 0) is 21.9 Å². The van der Waals surface area contributed by atoms with Crippen molar-refractivity contribution in [3.8, 4) is 0 Å². The summed E-state index contributed by atoms with van der Waals surface area (Å²) >= 11 is 3.36. The molecule has 0 aliphatic carbocycles. The zero-order valence-electron chi connectivity index (χ0n) is 11.8. The molecule has 0 bridgehead atoms. The van der Waals surface area contributed by atoms with Crippen molar-refractivity contribution < 1.29 is 26.7 Å². The van der Waals surface area contributed by atoms with E-state index in [2.05, 4.69) is 15.9 Å². The third-order valence-electron chi connectivity index (χ3n) is 3.10. The minimum absolute atomic E-state index is 0. The average molecular weight is 412 g/mol. The van der Waals surface area contributed by atoms with Gasteiger partial charge in [0.25, 0.3) is 5.91 Å². The molecular formula is C15H14BrCuN3O2. The molecule has 0 N–H and O–H groups in total. The number of halogens is 1. The Bertz CT molecular complexity index is 513. The van der Waals surface area contributed by atoms with Gasteiger partial charge in [-0.2, -0.15) is 0 Å².